The molecule has 1 aromatic heterocycles. The molecule has 2 aliphatic heterocycles. The number of esters is 2. The van der Waals surface area contributed by atoms with Crippen molar-refractivity contribution in [2.75, 3.05) is 25.6 Å². The van der Waals surface area contributed by atoms with Crippen LogP contribution in [0.4, 0.5) is 5.82 Å². The van der Waals surface area contributed by atoms with Gasteiger partial charge in [-0.2, -0.15) is 9.29 Å². The van der Waals surface area contributed by atoms with Gasteiger partial charge < -0.3 is 44.7 Å². The van der Waals surface area contributed by atoms with Gasteiger partial charge in [0.2, 0.25) is 0 Å². The highest BCUT2D eigenvalue weighted by atomic mass is 31.3. The van der Waals surface area contributed by atoms with E-state index < -0.39 is 83.7 Å². The van der Waals surface area contributed by atoms with Gasteiger partial charge in [0.25, 0.3) is 0 Å². The van der Waals surface area contributed by atoms with Gasteiger partial charge in [-0.15, -0.1) is 0 Å². The van der Waals surface area contributed by atoms with Crippen molar-refractivity contribution >= 4 is 33.4 Å². The molecule has 0 bridgehead atoms. The molecule has 400 valence electrons. The zero-order valence-electron chi connectivity index (χ0n) is 41.7. The maximum atomic E-state index is 12.9. The summed E-state index contributed by atoms with van der Waals surface area (Å²) in [5.74, 6) is -0.576. The Bertz CT molecular complexity index is 1900. The summed E-state index contributed by atoms with van der Waals surface area (Å²) in [7, 11) is -10.9. The van der Waals surface area contributed by atoms with Crippen molar-refractivity contribution in [2.24, 2.45) is 5.92 Å². The van der Waals surface area contributed by atoms with Gasteiger partial charge in [0, 0.05) is 19.0 Å². The van der Waals surface area contributed by atoms with E-state index in [1.807, 2.05) is 12.2 Å². The van der Waals surface area contributed by atoms with Crippen molar-refractivity contribution in [1.82, 2.24) is 9.55 Å². The zero-order chi connectivity index (χ0) is 51.2. The first-order valence-electron chi connectivity index (χ1n) is 25.5. The Morgan fingerprint density at radius 2 is 1.36 bits per heavy atom. The Kier molecular flexibility index (Phi) is 30.1. The second kappa shape index (κ2) is 34.4. The molecule has 2 fully saturated rings. The van der Waals surface area contributed by atoms with Gasteiger partial charge in [0.1, 0.15) is 30.7 Å². The number of rotatable bonds is 40. The first-order chi connectivity index (χ1) is 33.5. The lowest BCUT2D eigenvalue weighted by Gasteiger charge is -2.21. The molecular formula is C49H83N3O16P2. The molecule has 0 aromatic carbocycles. The highest BCUT2D eigenvalue weighted by Crippen LogP contribution is 2.60. The number of phosphoric ester groups is 2. The predicted molar refractivity (Wildman–Crippen MR) is 265 cm³/mol. The lowest BCUT2D eigenvalue weighted by Crippen LogP contribution is -2.36. The number of anilines is 1. The van der Waals surface area contributed by atoms with E-state index in [9.17, 15) is 43.5 Å². The van der Waals surface area contributed by atoms with Gasteiger partial charge in [-0.05, 0) is 63.4 Å². The molecule has 0 radical (unpaired) electrons. The molecule has 21 heteroatoms. The maximum Gasteiger partial charge on any atom is 0.481 e. The molecule has 10 atom stereocenters. The number of nitrogens with two attached hydrogens (primary N) is 1. The van der Waals surface area contributed by atoms with E-state index in [2.05, 4.69) is 54.4 Å². The Labute approximate surface area is 414 Å². The molecule has 1 aromatic rings. The third-order valence-electron chi connectivity index (χ3n) is 12.2. The molecule has 2 aliphatic rings. The van der Waals surface area contributed by atoms with Crippen molar-refractivity contribution < 1.29 is 71.0 Å². The molecule has 0 aliphatic carbocycles. The number of hydrogen-bond donors (Lipinski definition) is 5. The number of nitrogen functional groups attached to an aromatic ring is 1. The fraction of sp³-hybridized carbons (Fsp3) is 0.755. The van der Waals surface area contributed by atoms with E-state index in [-0.39, 0.29) is 30.9 Å². The molecule has 19 nitrogen and oxygen atoms in total. The second-order valence-corrected chi connectivity index (χ2v) is 21.3. The van der Waals surface area contributed by atoms with Gasteiger partial charge in [-0.3, -0.25) is 23.2 Å². The number of phosphoric acid groups is 2. The van der Waals surface area contributed by atoms with E-state index in [1.165, 1.54) is 70.3 Å². The quantitative estimate of drug-likeness (QED) is 0.0135. The summed E-state index contributed by atoms with van der Waals surface area (Å²) >= 11 is 0. The number of unbranched alkanes of at least 4 members (excludes halogenated alkanes) is 13. The number of aliphatic hydroxyl groups is 2. The molecule has 3 heterocycles. The van der Waals surface area contributed by atoms with Crippen molar-refractivity contribution in [2.45, 2.75) is 211 Å². The highest BCUT2D eigenvalue weighted by molar-refractivity contribution is 7.61. The lowest BCUT2D eigenvalue weighted by atomic mass is 9.99. The summed E-state index contributed by atoms with van der Waals surface area (Å²) in [6.07, 6.45) is 28.3. The van der Waals surface area contributed by atoms with Gasteiger partial charge >= 0.3 is 33.3 Å². The van der Waals surface area contributed by atoms with Crippen LogP contribution in [-0.2, 0) is 51.0 Å². The number of aromatic nitrogens is 2. The smallest absolute Gasteiger partial charge is 0.462 e. The van der Waals surface area contributed by atoms with Gasteiger partial charge in [-0.1, -0.05) is 141 Å². The first kappa shape index (κ1) is 61.2. The largest absolute Gasteiger partial charge is 0.481 e. The fourth-order valence-electron chi connectivity index (χ4n) is 7.68. The minimum absolute atomic E-state index is 0.0360. The third-order valence-corrected chi connectivity index (χ3v) is 14.8. The summed E-state index contributed by atoms with van der Waals surface area (Å²) < 4.78 is 62.5. The van der Waals surface area contributed by atoms with Crippen LogP contribution in [0.5, 0.6) is 0 Å². The van der Waals surface area contributed by atoms with Crippen LogP contribution in [0.25, 0.3) is 0 Å². The molecule has 5 unspecified atom stereocenters. The van der Waals surface area contributed by atoms with E-state index >= 15 is 0 Å². The number of hydrogen-bond acceptors (Lipinski definition) is 16. The fourth-order valence-corrected chi connectivity index (χ4v) is 9.79. The predicted octanol–water partition coefficient (Wildman–Crippen LogP) is 9.23. The molecule has 6 N–H and O–H groups in total. The Morgan fingerprint density at radius 3 is 2.03 bits per heavy atom. The third kappa shape index (κ3) is 26.6. The van der Waals surface area contributed by atoms with Crippen LogP contribution in [0.15, 0.2) is 53.5 Å². The van der Waals surface area contributed by atoms with Crippen LogP contribution in [-0.4, -0.2) is 97.9 Å². The summed E-state index contributed by atoms with van der Waals surface area (Å²) in [6.45, 7) is 4.37. The molecule has 0 amide bonds. The minimum Gasteiger partial charge on any atom is -0.462 e. The number of aliphatic hydroxyl groups excluding tert-OH is 2. The second-order valence-electron chi connectivity index (χ2n) is 18.3. The number of allylic oxidation sites excluding steroid dienone is 4. The van der Waals surface area contributed by atoms with Crippen molar-refractivity contribution in [3.8, 4) is 0 Å². The Morgan fingerprint density at radius 1 is 0.757 bits per heavy atom. The summed E-state index contributed by atoms with van der Waals surface area (Å²) in [4.78, 5) is 61.9. The zero-order valence-corrected chi connectivity index (χ0v) is 43.5. The monoisotopic (exact) mass is 1030 g/mol. The normalized spacial score (nSPS) is 22.9. The van der Waals surface area contributed by atoms with E-state index in [0.29, 0.717) is 19.3 Å². The number of carbonyl (C=O) groups is 2. The minimum atomic E-state index is -5.44. The van der Waals surface area contributed by atoms with Crippen LogP contribution >= 0.6 is 15.6 Å². The standard InChI is InChI=1S/C49H83N3O16P2/c1-4-6-7-8-9-12-16-19-24-29-40-41(66-40)30-25-21-22-26-31-44(53)62-35-39(65-45(54)32-27-20-17-14-11-10-13-15-18-23-28-38(3)5-2)36-63-69(58,59)68-70(60,61)64-37-42-46(55)47(56)48(67-42)52-34-33-43(50)51-49(52)57/h9,12,19,21,24-25,33-34,38-42,46-48,55-56H,4-8,10-11,13-18,20,22-23,26-32,35-37H2,1-3H3,(H,58,59)(H,60,61)(H2,50,51,57)/b12-9-,24-19-,25-21-/t38?,39-,40?,41?,42-,46-,47-,48-/m1/s1. The van der Waals surface area contributed by atoms with E-state index in [4.69, 9.17) is 33.7 Å². The molecular weight excluding hydrogens is 948 g/mol. The maximum absolute atomic E-state index is 12.9. The Hall–Kier alpha value is -3.06. The van der Waals surface area contributed by atoms with E-state index in [0.717, 1.165) is 68.0 Å². The summed E-state index contributed by atoms with van der Waals surface area (Å²) in [6, 6.07) is 1.24. The van der Waals surface area contributed by atoms with Crippen molar-refractivity contribution in [3.63, 3.8) is 0 Å². The van der Waals surface area contributed by atoms with Gasteiger partial charge in [0.05, 0.1) is 25.4 Å². The molecule has 70 heavy (non-hydrogen) atoms. The lowest BCUT2D eigenvalue weighted by molar-refractivity contribution is -0.161. The number of epoxide rings is 1. The molecule has 0 spiro atoms. The van der Waals surface area contributed by atoms with Crippen molar-refractivity contribution in [3.05, 3.63) is 59.2 Å². The van der Waals surface area contributed by atoms with Crippen LogP contribution < -0.4 is 11.4 Å². The van der Waals surface area contributed by atoms with Crippen LogP contribution in [0.3, 0.4) is 0 Å². The van der Waals surface area contributed by atoms with Gasteiger partial charge in [-0.25, -0.2) is 13.9 Å². The van der Waals surface area contributed by atoms with Crippen LogP contribution in [0, 0.1) is 5.92 Å². The summed E-state index contributed by atoms with van der Waals surface area (Å²) in [5, 5.41) is 20.9. The summed E-state index contributed by atoms with van der Waals surface area (Å²) in [5.41, 5.74) is 4.58. The van der Waals surface area contributed by atoms with Gasteiger partial charge in [0.15, 0.2) is 12.3 Å². The first-order valence-corrected chi connectivity index (χ1v) is 28.5. The number of nitrogens with zero attached hydrogens (tertiary/aromatic N) is 2. The SMILES string of the molecule is CCCCC/C=C\C/C=C\CC1OC1C/C=C\CCCC(=O)OC[C@H](COP(=O)(O)OP(=O)(O)OC[C@H]1O[C@@H](n2ccc(N)nc2=O)[C@H](O)[C@@H]1O)OC(=O)CCCCCCCCCCCCC(C)CC. The molecule has 0 saturated carbocycles. The molecule has 2 saturated heterocycles. The average Bonchev–Trinajstić information content (AvgIpc) is 4.01. The molecule has 3 rings (SSSR count). The highest BCUT2D eigenvalue weighted by Gasteiger charge is 2.46. The van der Waals surface area contributed by atoms with E-state index in [1.54, 1.807) is 0 Å². The average molecular weight is 1030 g/mol. The number of ether oxygens (including phenoxy) is 4. The topological polar surface area (TPSA) is 278 Å². The Balaban J connectivity index is 1.42. The number of carbonyl (C=O) groups excluding carboxylic acids is 2. The van der Waals surface area contributed by atoms with Crippen LogP contribution in [0.2, 0.25) is 0 Å². The van der Waals surface area contributed by atoms with Crippen LogP contribution in [0.1, 0.15) is 175 Å². The van der Waals surface area contributed by atoms with Crippen molar-refractivity contribution in [1.29, 1.82) is 0 Å².